The number of halogens is 1. The first-order valence-corrected chi connectivity index (χ1v) is 7.79. The molecule has 0 radical (unpaired) electrons. The summed E-state index contributed by atoms with van der Waals surface area (Å²) in [5, 5.41) is 0.149. The first kappa shape index (κ1) is 16.3. The summed E-state index contributed by atoms with van der Waals surface area (Å²) in [5.41, 5.74) is 0.788. The highest BCUT2D eigenvalue weighted by Gasteiger charge is 2.17. The average Bonchev–Trinajstić information content (AvgIpc) is 2.88. The fourth-order valence-corrected chi connectivity index (χ4v) is 2.83. The number of imidazole rings is 1. The molecule has 8 heteroatoms. The second-order valence-corrected chi connectivity index (χ2v) is 5.91. The number of hydrogen-bond acceptors (Lipinski definition) is 4. The summed E-state index contributed by atoms with van der Waals surface area (Å²) in [6, 6.07) is 7.69. The van der Waals surface area contributed by atoms with E-state index < -0.39 is 11.2 Å². The first-order valence-electron chi connectivity index (χ1n) is 7.41. The van der Waals surface area contributed by atoms with Gasteiger partial charge in [-0.1, -0.05) is 12.1 Å². The number of hydrogen-bond donors (Lipinski definition) is 0. The van der Waals surface area contributed by atoms with E-state index in [1.54, 1.807) is 11.6 Å². The van der Waals surface area contributed by atoms with Gasteiger partial charge in [-0.2, -0.15) is 4.98 Å². The molecule has 3 rings (SSSR count). The molecule has 0 aliphatic rings. The van der Waals surface area contributed by atoms with Crippen LogP contribution in [-0.2, 0) is 20.6 Å². The van der Waals surface area contributed by atoms with Crippen molar-refractivity contribution in [2.45, 2.75) is 13.5 Å². The van der Waals surface area contributed by atoms with E-state index in [2.05, 4.69) is 4.98 Å². The zero-order valence-corrected chi connectivity index (χ0v) is 14.4. The molecule has 0 N–H and O–H groups in total. The van der Waals surface area contributed by atoms with Crippen molar-refractivity contribution in [3.05, 3.63) is 56.0 Å². The van der Waals surface area contributed by atoms with Crippen molar-refractivity contribution in [3.8, 4) is 5.75 Å². The maximum atomic E-state index is 12.4. The van der Waals surface area contributed by atoms with E-state index >= 15 is 0 Å². The second-order valence-electron chi connectivity index (χ2n) is 5.58. The molecular formula is C16H17ClN4O3. The minimum Gasteiger partial charge on any atom is -0.492 e. The second kappa shape index (κ2) is 6.16. The molecule has 126 valence electrons. The first-order chi connectivity index (χ1) is 11.4. The molecule has 7 nitrogen and oxygen atoms in total. The summed E-state index contributed by atoms with van der Waals surface area (Å²) >= 11 is 6.16. The van der Waals surface area contributed by atoms with E-state index in [9.17, 15) is 9.59 Å². The van der Waals surface area contributed by atoms with Gasteiger partial charge in [-0.05, 0) is 36.2 Å². The molecule has 3 aromatic rings. The molecule has 0 aliphatic carbocycles. The van der Waals surface area contributed by atoms with E-state index in [0.29, 0.717) is 13.2 Å². The molecule has 0 saturated carbocycles. The molecule has 2 heterocycles. The van der Waals surface area contributed by atoms with Crippen LogP contribution in [0, 0.1) is 6.92 Å². The van der Waals surface area contributed by atoms with Gasteiger partial charge in [0.2, 0.25) is 5.28 Å². The summed E-state index contributed by atoms with van der Waals surface area (Å²) in [6.07, 6.45) is 0. The Labute approximate surface area is 142 Å². The van der Waals surface area contributed by atoms with Crippen molar-refractivity contribution in [2.24, 2.45) is 14.1 Å². The van der Waals surface area contributed by atoms with Crippen LogP contribution in [0.15, 0.2) is 33.9 Å². The van der Waals surface area contributed by atoms with Gasteiger partial charge in [0.15, 0.2) is 11.2 Å². The fraction of sp³-hybridized carbons (Fsp3) is 0.312. The molecule has 24 heavy (non-hydrogen) atoms. The van der Waals surface area contributed by atoms with Gasteiger partial charge in [-0.15, -0.1) is 0 Å². The Bertz CT molecular complexity index is 1030. The van der Waals surface area contributed by atoms with Crippen LogP contribution in [0.5, 0.6) is 5.75 Å². The Kier molecular flexibility index (Phi) is 4.19. The Morgan fingerprint density at radius 1 is 1.21 bits per heavy atom. The van der Waals surface area contributed by atoms with Crippen molar-refractivity contribution >= 4 is 22.8 Å². The van der Waals surface area contributed by atoms with Gasteiger partial charge in [0.25, 0.3) is 5.56 Å². The maximum Gasteiger partial charge on any atom is 0.332 e. The van der Waals surface area contributed by atoms with Crippen LogP contribution >= 0.6 is 11.6 Å². The normalized spacial score (nSPS) is 11.2. The van der Waals surface area contributed by atoms with Gasteiger partial charge in [-0.3, -0.25) is 13.9 Å². The third-order valence-electron chi connectivity index (χ3n) is 3.87. The van der Waals surface area contributed by atoms with Crippen molar-refractivity contribution in [1.29, 1.82) is 0 Å². The van der Waals surface area contributed by atoms with Crippen molar-refractivity contribution in [2.75, 3.05) is 6.61 Å². The largest absolute Gasteiger partial charge is 0.492 e. The molecule has 0 aliphatic heterocycles. The van der Waals surface area contributed by atoms with Gasteiger partial charge < -0.3 is 9.30 Å². The summed E-state index contributed by atoms with van der Waals surface area (Å²) in [5.74, 6) is 0.746. The van der Waals surface area contributed by atoms with Crippen LogP contribution < -0.4 is 16.0 Å². The van der Waals surface area contributed by atoms with E-state index in [-0.39, 0.29) is 16.4 Å². The van der Waals surface area contributed by atoms with Gasteiger partial charge in [-0.25, -0.2) is 4.79 Å². The van der Waals surface area contributed by atoms with Crippen LogP contribution in [0.25, 0.3) is 11.2 Å². The Balaban J connectivity index is 1.94. The predicted octanol–water partition coefficient (Wildman–Crippen LogP) is 1.47. The lowest BCUT2D eigenvalue weighted by molar-refractivity contribution is 0.300. The molecule has 1 aromatic carbocycles. The number of fused-ring (bicyclic) bond motifs is 1. The monoisotopic (exact) mass is 348 g/mol. The summed E-state index contributed by atoms with van der Waals surface area (Å²) < 4.78 is 9.61. The Morgan fingerprint density at radius 3 is 2.67 bits per heavy atom. The average molecular weight is 349 g/mol. The number of nitrogens with zero attached hydrogens (tertiary/aromatic N) is 4. The fourth-order valence-electron chi connectivity index (χ4n) is 2.58. The van der Waals surface area contributed by atoms with Gasteiger partial charge in [0, 0.05) is 14.1 Å². The van der Waals surface area contributed by atoms with E-state index in [4.69, 9.17) is 16.3 Å². The lowest BCUT2D eigenvalue weighted by Gasteiger charge is -2.09. The molecule has 0 saturated heterocycles. The smallest absolute Gasteiger partial charge is 0.332 e. The number of aryl methyl sites for hydroxylation is 2. The van der Waals surface area contributed by atoms with Gasteiger partial charge in [0.05, 0.1) is 6.54 Å². The molecule has 0 fully saturated rings. The molecule has 0 atom stereocenters. The van der Waals surface area contributed by atoms with Crippen molar-refractivity contribution in [3.63, 3.8) is 0 Å². The van der Waals surface area contributed by atoms with E-state index in [1.807, 2.05) is 31.2 Å². The SMILES string of the molecule is Cc1cccc(OCCn2c(Cl)nc3c2c(=O)n(C)c(=O)n3C)c1. The lowest BCUT2D eigenvalue weighted by atomic mass is 10.2. The zero-order chi connectivity index (χ0) is 17.4. The molecule has 0 amide bonds. The Morgan fingerprint density at radius 2 is 1.96 bits per heavy atom. The number of rotatable bonds is 4. The summed E-state index contributed by atoms with van der Waals surface area (Å²) in [7, 11) is 2.99. The standard InChI is InChI=1S/C16H17ClN4O3/c1-10-5-4-6-11(9-10)24-8-7-21-12-13(18-15(21)17)19(2)16(23)20(3)14(12)22/h4-6,9H,7-8H2,1-3H3. The van der Waals surface area contributed by atoms with Crippen LogP contribution in [0.3, 0.4) is 0 Å². The number of aromatic nitrogens is 4. The molecule has 0 spiro atoms. The quantitative estimate of drug-likeness (QED) is 0.669. The molecule has 0 bridgehead atoms. The Hall–Kier alpha value is -2.54. The molecule has 0 unspecified atom stereocenters. The van der Waals surface area contributed by atoms with Gasteiger partial charge >= 0.3 is 5.69 Å². The minimum atomic E-state index is -0.440. The third kappa shape index (κ3) is 2.71. The van der Waals surface area contributed by atoms with Crippen LogP contribution in [0.1, 0.15) is 5.56 Å². The number of benzene rings is 1. The van der Waals surface area contributed by atoms with Crippen molar-refractivity contribution < 1.29 is 4.74 Å². The van der Waals surface area contributed by atoms with Crippen LogP contribution in [-0.4, -0.2) is 25.3 Å². The van der Waals surface area contributed by atoms with Crippen LogP contribution in [0.2, 0.25) is 5.28 Å². The number of ether oxygens (including phenoxy) is 1. The summed E-state index contributed by atoms with van der Waals surface area (Å²) in [4.78, 5) is 28.5. The zero-order valence-electron chi connectivity index (χ0n) is 13.6. The van der Waals surface area contributed by atoms with Crippen molar-refractivity contribution in [1.82, 2.24) is 18.7 Å². The highest BCUT2D eigenvalue weighted by atomic mass is 35.5. The van der Waals surface area contributed by atoms with Crippen LogP contribution in [0.4, 0.5) is 0 Å². The minimum absolute atomic E-state index is 0.149. The van der Waals surface area contributed by atoms with E-state index in [1.165, 1.54) is 11.6 Å². The maximum absolute atomic E-state index is 12.4. The summed E-state index contributed by atoms with van der Waals surface area (Å²) in [6.45, 7) is 2.65. The molecular weight excluding hydrogens is 332 g/mol. The highest BCUT2D eigenvalue weighted by molar-refractivity contribution is 6.29. The third-order valence-corrected chi connectivity index (χ3v) is 4.16. The predicted molar refractivity (Wildman–Crippen MR) is 91.9 cm³/mol. The topological polar surface area (TPSA) is 71.1 Å². The lowest BCUT2D eigenvalue weighted by Crippen LogP contribution is -2.37. The van der Waals surface area contributed by atoms with Gasteiger partial charge in [0.1, 0.15) is 12.4 Å². The highest BCUT2D eigenvalue weighted by Crippen LogP contribution is 2.16. The van der Waals surface area contributed by atoms with E-state index in [0.717, 1.165) is 15.9 Å². The molecule has 2 aromatic heterocycles.